The highest BCUT2D eigenvalue weighted by molar-refractivity contribution is 4.99. The minimum absolute atomic E-state index is 0.769. The summed E-state index contributed by atoms with van der Waals surface area (Å²) in [6, 6.07) is 0. The van der Waals surface area contributed by atoms with Crippen molar-refractivity contribution in [1.82, 2.24) is 0 Å². The van der Waals surface area contributed by atoms with Crippen molar-refractivity contribution < 1.29 is 0 Å². The zero-order valence-corrected chi connectivity index (χ0v) is 7.94. The molecule has 0 aromatic carbocycles. The highest BCUT2D eigenvalue weighted by atomic mass is 14.2. The van der Waals surface area contributed by atoms with E-state index in [4.69, 9.17) is 0 Å². The molecule has 0 N–H and O–H groups in total. The number of rotatable bonds is 2. The van der Waals surface area contributed by atoms with Gasteiger partial charge in [-0.2, -0.15) is 0 Å². The molecule has 12 heavy (non-hydrogen) atoms. The molecule has 1 aliphatic rings. The van der Waals surface area contributed by atoms with Gasteiger partial charge < -0.3 is 0 Å². The smallest absolute Gasteiger partial charge is 0.00913 e. The van der Waals surface area contributed by atoms with E-state index in [0.29, 0.717) is 0 Å². The average molecular weight is 163 g/mol. The molecule has 1 radical (unpaired) electrons. The predicted molar refractivity (Wildman–Crippen MR) is 53.6 cm³/mol. The van der Waals surface area contributed by atoms with Crippen molar-refractivity contribution in [2.45, 2.75) is 51.4 Å². The monoisotopic (exact) mass is 163 g/mol. The summed E-state index contributed by atoms with van der Waals surface area (Å²) >= 11 is 0. The zero-order valence-electron chi connectivity index (χ0n) is 7.94. The molecule has 0 amide bonds. The topological polar surface area (TPSA) is 0 Å². The third-order valence-corrected chi connectivity index (χ3v) is 2.65. The fourth-order valence-corrected chi connectivity index (χ4v) is 1.93. The SMILES string of the molecule is [CH2]CC#CCCC1CCCCC1. The molecule has 0 spiro atoms. The maximum absolute atomic E-state index is 3.70. The molecule has 1 aliphatic carbocycles. The van der Waals surface area contributed by atoms with Crippen LogP contribution in [0.15, 0.2) is 0 Å². The van der Waals surface area contributed by atoms with Gasteiger partial charge in [0.05, 0.1) is 0 Å². The van der Waals surface area contributed by atoms with E-state index in [0.717, 1.165) is 18.8 Å². The van der Waals surface area contributed by atoms with Crippen molar-refractivity contribution >= 4 is 0 Å². The second-order valence-electron chi connectivity index (χ2n) is 3.65. The largest absolute Gasteiger partial charge is 0.103 e. The Bertz CT molecular complexity index is 153. The molecule has 0 aromatic rings. The van der Waals surface area contributed by atoms with Crippen LogP contribution in [0.3, 0.4) is 0 Å². The molecule has 0 unspecified atom stereocenters. The van der Waals surface area contributed by atoms with Crippen molar-refractivity contribution in [2.75, 3.05) is 0 Å². The quantitative estimate of drug-likeness (QED) is 0.546. The highest BCUT2D eigenvalue weighted by Gasteiger charge is 2.11. The minimum Gasteiger partial charge on any atom is -0.103 e. The molecule has 1 rings (SSSR count). The maximum atomic E-state index is 3.70. The van der Waals surface area contributed by atoms with Gasteiger partial charge in [0.25, 0.3) is 0 Å². The molecule has 0 aliphatic heterocycles. The molecule has 0 saturated heterocycles. The summed E-state index contributed by atoms with van der Waals surface area (Å²) in [5.74, 6) is 7.18. The molecule has 0 heterocycles. The van der Waals surface area contributed by atoms with Crippen molar-refractivity contribution in [1.29, 1.82) is 0 Å². The summed E-state index contributed by atoms with van der Waals surface area (Å²) < 4.78 is 0. The normalized spacial score (nSPS) is 18.4. The third kappa shape index (κ3) is 3.81. The van der Waals surface area contributed by atoms with Crippen LogP contribution in [0.5, 0.6) is 0 Å². The van der Waals surface area contributed by atoms with Crippen LogP contribution in [-0.4, -0.2) is 0 Å². The molecular formula is C12H19. The van der Waals surface area contributed by atoms with Crippen LogP contribution in [0.4, 0.5) is 0 Å². The Morgan fingerprint density at radius 1 is 1.08 bits per heavy atom. The first-order valence-electron chi connectivity index (χ1n) is 5.18. The Balaban J connectivity index is 2.05. The molecule has 0 heteroatoms. The predicted octanol–water partition coefficient (Wildman–Crippen LogP) is 3.57. The fourth-order valence-electron chi connectivity index (χ4n) is 1.93. The standard InChI is InChI=1S/C12H19/c1-2-3-4-6-9-12-10-7-5-8-11-12/h12H,1-2,5-11H2. The summed E-state index contributed by atoms with van der Waals surface area (Å²) in [5, 5.41) is 0. The Hall–Kier alpha value is -0.440. The summed E-state index contributed by atoms with van der Waals surface area (Å²) in [6.07, 6.45) is 10.5. The van der Waals surface area contributed by atoms with E-state index in [9.17, 15) is 0 Å². The summed E-state index contributed by atoms with van der Waals surface area (Å²) in [4.78, 5) is 0. The van der Waals surface area contributed by atoms with E-state index in [1.54, 1.807) is 0 Å². The first kappa shape index (κ1) is 9.65. The van der Waals surface area contributed by atoms with Gasteiger partial charge in [-0.15, -0.1) is 11.8 Å². The van der Waals surface area contributed by atoms with Crippen LogP contribution in [0, 0.1) is 24.7 Å². The van der Waals surface area contributed by atoms with Gasteiger partial charge >= 0.3 is 0 Å². The van der Waals surface area contributed by atoms with Crippen LogP contribution in [0.25, 0.3) is 0 Å². The Morgan fingerprint density at radius 2 is 1.83 bits per heavy atom. The third-order valence-electron chi connectivity index (χ3n) is 2.65. The van der Waals surface area contributed by atoms with E-state index < -0.39 is 0 Å². The Kier molecular flexibility index (Phi) is 4.92. The molecule has 1 fully saturated rings. The second-order valence-corrected chi connectivity index (χ2v) is 3.65. The molecular weight excluding hydrogens is 144 g/mol. The van der Waals surface area contributed by atoms with Crippen LogP contribution in [0.2, 0.25) is 0 Å². The summed E-state index contributed by atoms with van der Waals surface area (Å²) in [7, 11) is 0. The van der Waals surface area contributed by atoms with Gasteiger partial charge in [-0.3, -0.25) is 0 Å². The second kappa shape index (κ2) is 6.12. The molecule has 0 atom stereocenters. The van der Waals surface area contributed by atoms with Gasteiger partial charge in [-0.1, -0.05) is 32.1 Å². The zero-order chi connectivity index (χ0) is 8.65. The Labute approximate surface area is 76.7 Å². The van der Waals surface area contributed by atoms with Gasteiger partial charge in [0.1, 0.15) is 0 Å². The van der Waals surface area contributed by atoms with Gasteiger partial charge in [-0.25, -0.2) is 0 Å². The van der Waals surface area contributed by atoms with E-state index >= 15 is 0 Å². The van der Waals surface area contributed by atoms with E-state index in [1.165, 1.54) is 38.5 Å². The minimum atomic E-state index is 0.769. The van der Waals surface area contributed by atoms with Crippen LogP contribution < -0.4 is 0 Å². The lowest BCUT2D eigenvalue weighted by Gasteiger charge is -2.20. The molecule has 0 aromatic heterocycles. The first-order valence-corrected chi connectivity index (χ1v) is 5.18. The first-order chi connectivity index (χ1) is 5.93. The van der Waals surface area contributed by atoms with Crippen molar-refractivity contribution in [3.8, 4) is 11.8 Å². The van der Waals surface area contributed by atoms with Crippen molar-refractivity contribution in [2.24, 2.45) is 5.92 Å². The lowest BCUT2D eigenvalue weighted by molar-refractivity contribution is 0.342. The van der Waals surface area contributed by atoms with Crippen molar-refractivity contribution in [3.63, 3.8) is 0 Å². The molecule has 67 valence electrons. The lowest BCUT2D eigenvalue weighted by atomic mass is 9.86. The maximum Gasteiger partial charge on any atom is 0.00913 e. The van der Waals surface area contributed by atoms with Crippen LogP contribution in [-0.2, 0) is 0 Å². The van der Waals surface area contributed by atoms with Gasteiger partial charge in [0, 0.05) is 12.8 Å². The van der Waals surface area contributed by atoms with E-state index in [-0.39, 0.29) is 0 Å². The van der Waals surface area contributed by atoms with Crippen LogP contribution >= 0.6 is 0 Å². The van der Waals surface area contributed by atoms with Gasteiger partial charge in [-0.05, 0) is 19.3 Å². The lowest BCUT2D eigenvalue weighted by Crippen LogP contribution is -2.05. The number of hydrogen-bond donors (Lipinski definition) is 0. The molecule has 0 nitrogen and oxygen atoms in total. The number of hydrogen-bond acceptors (Lipinski definition) is 0. The average Bonchev–Trinajstić information content (AvgIpc) is 2.14. The Morgan fingerprint density at radius 3 is 2.50 bits per heavy atom. The van der Waals surface area contributed by atoms with E-state index in [1.807, 2.05) is 0 Å². The molecule has 0 bridgehead atoms. The van der Waals surface area contributed by atoms with E-state index in [2.05, 4.69) is 18.8 Å². The van der Waals surface area contributed by atoms with Crippen molar-refractivity contribution in [3.05, 3.63) is 6.92 Å². The van der Waals surface area contributed by atoms with Gasteiger partial charge in [0.2, 0.25) is 0 Å². The van der Waals surface area contributed by atoms with Crippen LogP contribution in [0.1, 0.15) is 51.4 Å². The fraction of sp³-hybridized carbons (Fsp3) is 0.750. The molecule has 1 saturated carbocycles. The summed E-state index contributed by atoms with van der Waals surface area (Å²) in [5.41, 5.74) is 0. The highest BCUT2D eigenvalue weighted by Crippen LogP contribution is 2.26. The van der Waals surface area contributed by atoms with Gasteiger partial charge in [0.15, 0.2) is 0 Å². The summed E-state index contributed by atoms with van der Waals surface area (Å²) in [6.45, 7) is 3.70.